The van der Waals surface area contributed by atoms with Crippen LogP contribution < -0.4 is 0 Å². The van der Waals surface area contributed by atoms with Gasteiger partial charge in [-0.2, -0.15) is 0 Å². The van der Waals surface area contributed by atoms with Crippen LogP contribution in [0.25, 0.3) is 0 Å². The molecule has 0 fully saturated rings. The van der Waals surface area contributed by atoms with Crippen LogP contribution in [0, 0.1) is 0 Å². The van der Waals surface area contributed by atoms with Crippen molar-refractivity contribution in [3.8, 4) is 0 Å². The van der Waals surface area contributed by atoms with E-state index >= 15 is 0 Å². The van der Waals surface area contributed by atoms with Crippen molar-refractivity contribution in [3.05, 3.63) is 12.8 Å². The molecule has 0 radical (unpaired) electrons. The van der Waals surface area contributed by atoms with Gasteiger partial charge in [0.25, 0.3) is 0 Å². The second-order valence-electron chi connectivity index (χ2n) is 0.998. The van der Waals surface area contributed by atoms with E-state index in [0.29, 0.717) is 0 Å². The van der Waals surface area contributed by atoms with Gasteiger partial charge in [-0.05, 0) is 0 Å². The van der Waals surface area contributed by atoms with Gasteiger partial charge in [-0.15, -0.1) is 0 Å². The molecule has 0 spiro atoms. The third kappa shape index (κ3) is 28.4. The standard InChI is InChI=1S/C3H4O3.C2H6O2/c1-2-6-3(4)5;3-1-2-4/h2H,1H2,(H,4,5);3-4H,1-2H2. The fourth-order valence-corrected chi connectivity index (χ4v) is 0.0713. The van der Waals surface area contributed by atoms with Gasteiger partial charge in [0, 0.05) is 0 Å². The van der Waals surface area contributed by atoms with Gasteiger partial charge in [0.05, 0.1) is 19.5 Å². The maximum atomic E-state index is 9.31. The Kier molecular flexibility index (Phi) is 12.7. The molecule has 5 nitrogen and oxygen atoms in total. The van der Waals surface area contributed by atoms with Crippen molar-refractivity contribution >= 4 is 6.16 Å². The van der Waals surface area contributed by atoms with Crippen LogP contribution in [-0.2, 0) is 4.74 Å². The van der Waals surface area contributed by atoms with Crippen LogP contribution in [-0.4, -0.2) is 34.7 Å². The summed E-state index contributed by atoms with van der Waals surface area (Å²) in [6.45, 7) is 2.75. The quantitative estimate of drug-likeness (QED) is 0.374. The van der Waals surface area contributed by atoms with Crippen LogP contribution in [0.2, 0.25) is 0 Å². The van der Waals surface area contributed by atoms with Gasteiger partial charge in [-0.25, -0.2) is 4.79 Å². The van der Waals surface area contributed by atoms with Gasteiger partial charge < -0.3 is 20.1 Å². The lowest BCUT2D eigenvalue weighted by atomic mass is 10.8. The predicted octanol–water partition coefficient (Wildman–Crippen LogP) is -0.205. The minimum absolute atomic E-state index is 0.125. The highest BCUT2D eigenvalue weighted by atomic mass is 16.7. The van der Waals surface area contributed by atoms with Crippen LogP contribution in [0.4, 0.5) is 4.79 Å². The average Bonchev–Trinajstić information content (AvgIpc) is 1.89. The summed E-state index contributed by atoms with van der Waals surface area (Å²) in [6, 6.07) is 0. The predicted molar refractivity (Wildman–Crippen MR) is 33.5 cm³/mol. The van der Waals surface area contributed by atoms with Gasteiger partial charge in [0.2, 0.25) is 0 Å². The highest BCUT2D eigenvalue weighted by Gasteiger charge is 1.84. The SMILES string of the molecule is C=COC(=O)O.OCCO. The monoisotopic (exact) mass is 150 g/mol. The molecular formula is C5H10O5. The van der Waals surface area contributed by atoms with Crippen LogP contribution >= 0.6 is 0 Å². The van der Waals surface area contributed by atoms with Gasteiger partial charge >= 0.3 is 6.16 Å². The van der Waals surface area contributed by atoms with Crippen molar-refractivity contribution in [1.29, 1.82) is 0 Å². The largest absolute Gasteiger partial charge is 0.510 e. The van der Waals surface area contributed by atoms with E-state index in [1.807, 2.05) is 0 Å². The molecule has 0 aromatic rings. The van der Waals surface area contributed by atoms with E-state index in [0.717, 1.165) is 6.26 Å². The number of aliphatic hydroxyl groups excluding tert-OH is 2. The average molecular weight is 150 g/mol. The lowest BCUT2D eigenvalue weighted by Crippen LogP contribution is -1.89. The molecule has 5 heteroatoms. The van der Waals surface area contributed by atoms with Crippen molar-refractivity contribution in [1.82, 2.24) is 0 Å². The van der Waals surface area contributed by atoms with E-state index in [4.69, 9.17) is 15.3 Å². The molecule has 0 aliphatic rings. The second-order valence-corrected chi connectivity index (χ2v) is 0.998. The number of hydrogen-bond donors (Lipinski definition) is 3. The maximum absolute atomic E-state index is 9.31. The Morgan fingerprint density at radius 2 is 1.90 bits per heavy atom. The van der Waals surface area contributed by atoms with E-state index < -0.39 is 6.16 Å². The van der Waals surface area contributed by atoms with E-state index in [-0.39, 0.29) is 13.2 Å². The number of carboxylic acid groups (broad SMARTS) is 1. The smallest absolute Gasteiger partial charge is 0.449 e. The number of aliphatic hydroxyl groups is 2. The third-order valence-electron chi connectivity index (χ3n) is 0.284. The van der Waals surface area contributed by atoms with Crippen molar-refractivity contribution in [3.63, 3.8) is 0 Å². The molecule has 0 aliphatic carbocycles. The number of rotatable bonds is 2. The summed E-state index contributed by atoms with van der Waals surface area (Å²) in [5.74, 6) is 0. The zero-order chi connectivity index (χ0) is 8.41. The first-order valence-electron chi connectivity index (χ1n) is 2.41. The molecule has 0 heterocycles. The summed E-state index contributed by atoms with van der Waals surface area (Å²) in [4.78, 5) is 9.31. The summed E-state index contributed by atoms with van der Waals surface area (Å²) >= 11 is 0. The van der Waals surface area contributed by atoms with Crippen molar-refractivity contribution in [2.75, 3.05) is 13.2 Å². The first-order chi connectivity index (χ1) is 4.68. The molecule has 0 bridgehead atoms. The lowest BCUT2D eigenvalue weighted by molar-refractivity contribution is 0.128. The van der Waals surface area contributed by atoms with E-state index in [9.17, 15) is 4.79 Å². The van der Waals surface area contributed by atoms with Crippen LogP contribution in [0.15, 0.2) is 12.8 Å². The van der Waals surface area contributed by atoms with Crippen LogP contribution in [0.3, 0.4) is 0 Å². The zero-order valence-corrected chi connectivity index (χ0v) is 5.36. The Hall–Kier alpha value is -1.07. The fraction of sp³-hybridized carbons (Fsp3) is 0.400. The molecule has 0 unspecified atom stereocenters. The van der Waals surface area contributed by atoms with E-state index in [2.05, 4.69) is 11.3 Å². The second kappa shape index (κ2) is 10.8. The van der Waals surface area contributed by atoms with Crippen LogP contribution in [0.5, 0.6) is 0 Å². The minimum Gasteiger partial charge on any atom is -0.449 e. The first kappa shape index (κ1) is 11.7. The van der Waals surface area contributed by atoms with Crippen LogP contribution in [0.1, 0.15) is 0 Å². The van der Waals surface area contributed by atoms with Crippen molar-refractivity contribution in [2.24, 2.45) is 0 Å². The topological polar surface area (TPSA) is 87.0 Å². The van der Waals surface area contributed by atoms with Gasteiger partial charge in [0.1, 0.15) is 0 Å². The van der Waals surface area contributed by atoms with E-state index in [1.165, 1.54) is 0 Å². The number of ether oxygens (including phenoxy) is 1. The summed E-state index contributed by atoms with van der Waals surface area (Å²) in [6.07, 6.45) is -0.479. The first-order valence-corrected chi connectivity index (χ1v) is 2.41. The minimum atomic E-state index is -1.33. The molecule has 0 aromatic heterocycles. The van der Waals surface area contributed by atoms with Gasteiger partial charge in [0.15, 0.2) is 0 Å². The van der Waals surface area contributed by atoms with Crippen molar-refractivity contribution < 1.29 is 24.9 Å². The Balaban J connectivity index is 0. The molecule has 10 heavy (non-hydrogen) atoms. The highest BCUT2D eigenvalue weighted by Crippen LogP contribution is 1.70. The normalized spacial score (nSPS) is 7.00. The molecule has 0 amide bonds. The number of carbonyl (C=O) groups is 1. The Bertz CT molecular complexity index is 88.0. The molecule has 0 rings (SSSR count). The Morgan fingerprint density at radius 1 is 1.50 bits per heavy atom. The fourth-order valence-electron chi connectivity index (χ4n) is 0.0713. The Labute approximate surface area is 58.2 Å². The van der Waals surface area contributed by atoms with E-state index in [1.54, 1.807) is 0 Å². The zero-order valence-electron chi connectivity index (χ0n) is 5.36. The third-order valence-corrected chi connectivity index (χ3v) is 0.284. The summed E-state index contributed by atoms with van der Waals surface area (Å²) in [5, 5.41) is 22.9. The maximum Gasteiger partial charge on any atom is 0.510 e. The van der Waals surface area contributed by atoms with Crippen molar-refractivity contribution in [2.45, 2.75) is 0 Å². The van der Waals surface area contributed by atoms with Gasteiger partial charge in [-0.3, -0.25) is 0 Å². The molecular weight excluding hydrogens is 140 g/mol. The summed E-state index contributed by atoms with van der Waals surface area (Å²) < 4.78 is 3.72. The van der Waals surface area contributed by atoms with Gasteiger partial charge in [-0.1, -0.05) is 6.58 Å². The molecule has 0 atom stereocenters. The summed E-state index contributed by atoms with van der Waals surface area (Å²) in [5.41, 5.74) is 0. The highest BCUT2D eigenvalue weighted by molar-refractivity contribution is 5.57. The number of hydrogen-bond acceptors (Lipinski definition) is 4. The molecule has 60 valence electrons. The molecule has 0 aliphatic heterocycles. The lowest BCUT2D eigenvalue weighted by Gasteiger charge is -1.81. The molecule has 0 aromatic carbocycles. The Morgan fingerprint density at radius 3 is 1.90 bits per heavy atom. The molecule has 0 saturated heterocycles. The summed E-state index contributed by atoms with van der Waals surface area (Å²) in [7, 11) is 0. The molecule has 0 saturated carbocycles. The molecule has 3 N–H and O–H groups in total.